The highest BCUT2D eigenvalue weighted by molar-refractivity contribution is 9.10. The number of nitrogens with one attached hydrogen (secondary N) is 1. The molecule has 1 aromatic rings. The molecular formula is C11H12BrNO3. The van der Waals surface area contributed by atoms with Crippen molar-refractivity contribution in [3.05, 3.63) is 27.7 Å². The van der Waals surface area contributed by atoms with E-state index in [0.717, 1.165) is 19.4 Å². The van der Waals surface area contributed by atoms with Crippen molar-refractivity contribution >= 4 is 21.9 Å². The Morgan fingerprint density at radius 2 is 2.25 bits per heavy atom. The van der Waals surface area contributed by atoms with E-state index in [9.17, 15) is 9.90 Å². The number of aromatic hydroxyl groups is 1. The second-order valence-electron chi connectivity index (χ2n) is 3.85. The van der Waals surface area contributed by atoms with E-state index in [1.807, 2.05) is 0 Å². The minimum atomic E-state index is -1.11. The number of aromatic carboxylic acids is 1. The molecule has 1 atom stereocenters. The van der Waals surface area contributed by atoms with Crippen LogP contribution >= 0.6 is 15.9 Å². The van der Waals surface area contributed by atoms with Crippen LogP contribution in [0.15, 0.2) is 16.6 Å². The van der Waals surface area contributed by atoms with Gasteiger partial charge in [0.1, 0.15) is 11.3 Å². The van der Waals surface area contributed by atoms with Gasteiger partial charge in [0.2, 0.25) is 0 Å². The van der Waals surface area contributed by atoms with Crippen LogP contribution in [0.4, 0.5) is 0 Å². The number of carboxylic acid groups (broad SMARTS) is 1. The van der Waals surface area contributed by atoms with E-state index in [1.165, 1.54) is 6.07 Å². The van der Waals surface area contributed by atoms with Gasteiger partial charge in [0.15, 0.2) is 0 Å². The Hall–Kier alpha value is -1.07. The fraction of sp³-hybridized carbons (Fsp3) is 0.364. The average molecular weight is 286 g/mol. The van der Waals surface area contributed by atoms with Gasteiger partial charge in [-0.25, -0.2) is 4.79 Å². The van der Waals surface area contributed by atoms with Gasteiger partial charge >= 0.3 is 5.97 Å². The van der Waals surface area contributed by atoms with Crippen molar-refractivity contribution in [1.29, 1.82) is 0 Å². The molecule has 3 N–H and O–H groups in total. The van der Waals surface area contributed by atoms with E-state index < -0.39 is 5.97 Å². The van der Waals surface area contributed by atoms with Crippen LogP contribution in [-0.4, -0.2) is 22.7 Å². The maximum absolute atomic E-state index is 10.9. The van der Waals surface area contributed by atoms with Crippen LogP contribution in [0.3, 0.4) is 0 Å². The van der Waals surface area contributed by atoms with Crippen molar-refractivity contribution in [1.82, 2.24) is 5.32 Å². The number of carboxylic acids is 1. The highest BCUT2D eigenvalue weighted by Gasteiger charge is 2.23. The van der Waals surface area contributed by atoms with Gasteiger partial charge in [-0.2, -0.15) is 0 Å². The number of halogens is 1. The largest absolute Gasteiger partial charge is 0.507 e. The summed E-state index contributed by atoms with van der Waals surface area (Å²) in [6.07, 6.45) is 1.96. The smallest absolute Gasteiger partial charge is 0.339 e. The Kier molecular flexibility index (Phi) is 3.16. The Balaban J connectivity index is 2.47. The lowest BCUT2D eigenvalue weighted by atomic mass is 10.0. The predicted molar refractivity (Wildman–Crippen MR) is 62.7 cm³/mol. The van der Waals surface area contributed by atoms with Gasteiger partial charge in [-0.05, 0) is 31.5 Å². The number of rotatable bonds is 2. The van der Waals surface area contributed by atoms with Crippen LogP contribution in [-0.2, 0) is 0 Å². The second-order valence-corrected chi connectivity index (χ2v) is 4.76. The summed E-state index contributed by atoms with van der Waals surface area (Å²) in [5.74, 6) is -1.24. The molecular weight excluding hydrogens is 274 g/mol. The van der Waals surface area contributed by atoms with Gasteiger partial charge < -0.3 is 15.5 Å². The van der Waals surface area contributed by atoms with Crippen molar-refractivity contribution < 1.29 is 15.0 Å². The first-order valence-electron chi connectivity index (χ1n) is 5.08. The van der Waals surface area contributed by atoms with Crippen LogP contribution < -0.4 is 5.32 Å². The molecule has 0 aliphatic carbocycles. The molecule has 0 radical (unpaired) electrons. The molecule has 1 heterocycles. The molecule has 0 spiro atoms. The Labute approximate surface area is 101 Å². The lowest BCUT2D eigenvalue weighted by molar-refractivity contribution is 0.0693. The molecule has 0 amide bonds. The summed E-state index contributed by atoms with van der Waals surface area (Å²) in [4.78, 5) is 10.9. The molecule has 0 aromatic heterocycles. The number of hydrogen-bond donors (Lipinski definition) is 3. The van der Waals surface area contributed by atoms with Gasteiger partial charge in [-0.15, -0.1) is 0 Å². The third kappa shape index (κ3) is 2.05. The highest BCUT2D eigenvalue weighted by Crippen LogP contribution is 2.35. The molecule has 86 valence electrons. The minimum Gasteiger partial charge on any atom is -0.507 e. The van der Waals surface area contributed by atoms with Gasteiger partial charge in [0.25, 0.3) is 0 Å². The van der Waals surface area contributed by atoms with E-state index in [1.54, 1.807) is 6.07 Å². The standard InChI is InChI=1S/C11H12BrNO3/c12-6-4-7(9-2-1-3-13-9)10(14)8(5-6)11(15)16/h4-5,9,13-14H,1-3H2,(H,15,16)/t9-/m0/s1. The van der Waals surface area contributed by atoms with Crippen LogP contribution in [0.2, 0.25) is 0 Å². The Morgan fingerprint density at radius 1 is 1.50 bits per heavy atom. The molecule has 1 fully saturated rings. The van der Waals surface area contributed by atoms with Crippen molar-refractivity contribution in [3.8, 4) is 5.75 Å². The molecule has 0 saturated carbocycles. The molecule has 0 bridgehead atoms. The summed E-state index contributed by atoms with van der Waals surface area (Å²) >= 11 is 3.26. The van der Waals surface area contributed by atoms with Crippen LogP contribution in [0.25, 0.3) is 0 Å². The number of hydrogen-bond acceptors (Lipinski definition) is 3. The van der Waals surface area contributed by atoms with Gasteiger partial charge in [-0.3, -0.25) is 0 Å². The number of carbonyl (C=O) groups is 1. The predicted octanol–water partition coefficient (Wildman–Crippen LogP) is 2.28. The zero-order valence-electron chi connectivity index (χ0n) is 8.53. The topological polar surface area (TPSA) is 69.6 Å². The van der Waals surface area contributed by atoms with E-state index >= 15 is 0 Å². The Bertz CT molecular complexity index is 427. The van der Waals surface area contributed by atoms with Crippen molar-refractivity contribution in [3.63, 3.8) is 0 Å². The van der Waals surface area contributed by atoms with Gasteiger partial charge in [-0.1, -0.05) is 15.9 Å². The summed E-state index contributed by atoms with van der Waals surface area (Å²) in [5, 5.41) is 22.1. The van der Waals surface area contributed by atoms with E-state index in [0.29, 0.717) is 10.0 Å². The highest BCUT2D eigenvalue weighted by atomic mass is 79.9. The summed E-state index contributed by atoms with van der Waals surface area (Å²) in [7, 11) is 0. The maximum Gasteiger partial charge on any atom is 0.339 e. The van der Waals surface area contributed by atoms with E-state index in [2.05, 4.69) is 21.2 Å². The monoisotopic (exact) mass is 285 g/mol. The zero-order chi connectivity index (χ0) is 11.7. The fourth-order valence-corrected chi connectivity index (χ4v) is 2.47. The quantitative estimate of drug-likeness (QED) is 0.780. The minimum absolute atomic E-state index is 0.0515. The summed E-state index contributed by atoms with van der Waals surface area (Å²) in [5.41, 5.74) is 0.599. The lowest BCUT2D eigenvalue weighted by Crippen LogP contribution is -2.14. The first kappa shape index (κ1) is 11.4. The van der Waals surface area contributed by atoms with Gasteiger partial charge in [0, 0.05) is 16.1 Å². The van der Waals surface area contributed by atoms with E-state index in [4.69, 9.17) is 5.11 Å². The molecule has 5 heteroatoms. The second kappa shape index (κ2) is 4.43. The summed E-state index contributed by atoms with van der Waals surface area (Å²) in [6, 6.07) is 3.23. The van der Waals surface area contributed by atoms with E-state index in [-0.39, 0.29) is 17.4 Å². The molecule has 1 aromatic carbocycles. The molecule has 1 aliphatic heterocycles. The SMILES string of the molecule is O=C(O)c1cc(Br)cc([C@@H]2CCCN2)c1O. The molecule has 0 unspecified atom stereocenters. The molecule has 16 heavy (non-hydrogen) atoms. The van der Waals surface area contributed by atoms with Crippen molar-refractivity contribution in [2.75, 3.05) is 6.54 Å². The number of phenols is 1. The average Bonchev–Trinajstić information content (AvgIpc) is 2.73. The first-order valence-corrected chi connectivity index (χ1v) is 5.88. The number of benzene rings is 1. The first-order chi connectivity index (χ1) is 7.59. The van der Waals surface area contributed by atoms with Crippen LogP contribution in [0, 0.1) is 0 Å². The Morgan fingerprint density at radius 3 is 2.81 bits per heavy atom. The lowest BCUT2D eigenvalue weighted by Gasteiger charge is -2.14. The van der Waals surface area contributed by atoms with Crippen molar-refractivity contribution in [2.24, 2.45) is 0 Å². The third-order valence-corrected chi connectivity index (χ3v) is 3.23. The van der Waals surface area contributed by atoms with Crippen molar-refractivity contribution in [2.45, 2.75) is 18.9 Å². The maximum atomic E-state index is 10.9. The van der Waals surface area contributed by atoms with Crippen LogP contribution in [0.5, 0.6) is 5.75 Å². The summed E-state index contributed by atoms with van der Waals surface area (Å²) < 4.78 is 0.673. The zero-order valence-corrected chi connectivity index (χ0v) is 10.1. The summed E-state index contributed by atoms with van der Waals surface area (Å²) in [6.45, 7) is 0.902. The van der Waals surface area contributed by atoms with Crippen LogP contribution in [0.1, 0.15) is 34.8 Å². The molecule has 1 aliphatic rings. The van der Waals surface area contributed by atoms with Gasteiger partial charge in [0.05, 0.1) is 0 Å². The third-order valence-electron chi connectivity index (χ3n) is 2.77. The fourth-order valence-electron chi connectivity index (χ4n) is 2.00. The molecule has 2 rings (SSSR count). The molecule has 1 saturated heterocycles. The normalized spacial score (nSPS) is 19.9. The molecule has 4 nitrogen and oxygen atoms in total.